The van der Waals surface area contributed by atoms with Gasteiger partial charge in [-0.3, -0.25) is 0 Å². The summed E-state index contributed by atoms with van der Waals surface area (Å²) in [6, 6.07) is 81.0. The lowest BCUT2D eigenvalue weighted by Crippen LogP contribution is -2.26. The zero-order valence-corrected chi connectivity index (χ0v) is 34.7. The molecule has 3 aliphatic rings. The summed E-state index contributed by atoms with van der Waals surface area (Å²) in [6.45, 7) is 0. The summed E-state index contributed by atoms with van der Waals surface area (Å²) < 4.78 is 2.43. The van der Waals surface area contributed by atoms with Crippen molar-refractivity contribution < 1.29 is 0 Å². The minimum absolute atomic E-state index is 0.422. The SMILES string of the molecule is C1=Cc2c(c3cc(-c4ccc(N(c5ccc(-c6ccccc6)cc5)c5cccc6c5-c5ccccc5C65c6ccccc6-c6ccccc65)cc4)ccc3n2-c2ccccc2)CC1. The van der Waals surface area contributed by atoms with Crippen molar-refractivity contribution in [2.75, 3.05) is 4.90 Å². The molecule has 0 unspecified atom stereocenters. The average molecular weight is 803 g/mol. The molecular weight excluding hydrogens is 761 g/mol. The van der Waals surface area contributed by atoms with Crippen LogP contribution >= 0.6 is 0 Å². The summed E-state index contributed by atoms with van der Waals surface area (Å²) >= 11 is 0. The molecule has 63 heavy (non-hydrogen) atoms. The van der Waals surface area contributed by atoms with Crippen molar-refractivity contribution in [1.82, 2.24) is 4.57 Å². The standard InChI is InChI=1S/C61H42N2/c1-3-16-41(17-4-1)42-30-35-46(36-31-42)62(47-37-32-43(33-38-47)44-34-39-58-52(40-44)50-22-10-14-28-57(50)63(58)45-18-5-2-6-19-45)59-29-15-27-56-60(59)51-23-9-13-26-55(51)61(56)53-24-11-7-20-48(53)49-21-8-12-25-54(49)61/h1-9,11-21,23-40H,10,22H2. The maximum atomic E-state index is 2.48. The maximum Gasteiger partial charge on any atom is 0.0726 e. The van der Waals surface area contributed by atoms with Crippen LogP contribution in [0.1, 0.15) is 39.9 Å². The molecular formula is C61H42N2. The van der Waals surface area contributed by atoms with E-state index >= 15 is 0 Å². The first-order valence-corrected chi connectivity index (χ1v) is 22.2. The van der Waals surface area contributed by atoms with Crippen LogP contribution in [0.3, 0.4) is 0 Å². The summed E-state index contributed by atoms with van der Waals surface area (Å²) in [4.78, 5) is 2.48. The number of nitrogens with zero attached hydrogens (tertiary/aromatic N) is 2. The van der Waals surface area contributed by atoms with Crippen LogP contribution < -0.4 is 4.90 Å². The zero-order chi connectivity index (χ0) is 41.5. The Morgan fingerprint density at radius 2 is 0.952 bits per heavy atom. The highest BCUT2D eigenvalue weighted by Crippen LogP contribution is 2.64. The fraction of sp³-hybridized carbons (Fsp3) is 0.0492. The van der Waals surface area contributed by atoms with Crippen molar-refractivity contribution in [3.05, 3.63) is 258 Å². The van der Waals surface area contributed by atoms with Crippen molar-refractivity contribution in [3.8, 4) is 50.2 Å². The molecule has 10 aromatic rings. The molecule has 0 N–H and O–H groups in total. The molecule has 0 fully saturated rings. The van der Waals surface area contributed by atoms with Crippen molar-refractivity contribution in [3.63, 3.8) is 0 Å². The van der Waals surface area contributed by atoms with E-state index in [2.05, 4.69) is 240 Å². The van der Waals surface area contributed by atoms with Crippen LogP contribution in [-0.4, -0.2) is 4.57 Å². The Morgan fingerprint density at radius 3 is 1.62 bits per heavy atom. The topological polar surface area (TPSA) is 8.17 Å². The van der Waals surface area contributed by atoms with E-state index in [4.69, 9.17) is 0 Å². The van der Waals surface area contributed by atoms with Crippen LogP contribution in [0.25, 0.3) is 67.2 Å². The van der Waals surface area contributed by atoms with E-state index in [0.29, 0.717) is 0 Å². The molecule has 1 aromatic heterocycles. The number of allylic oxidation sites excluding steroid dienone is 1. The van der Waals surface area contributed by atoms with Crippen LogP contribution in [0.15, 0.2) is 224 Å². The number of hydrogen-bond acceptors (Lipinski definition) is 1. The van der Waals surface area contributed by atoms with Gasteiger partial charge < -0.3 is 9.47 Å². The van der Waals surface area contributed by atoms with E-state index in [-0.39, 0.29) is 0 Å². The van der Waals surface area contributed by atoms with Crippen LogP contribution in [-0.2, 0) is 11.8 Å². The van der Waals surface area contributed by atoms with Gasteiger partial charge in [-0.25, -0.2) is 0 Å². The Kier molecular flexibility index (Phi) is 7.98. The second-order valence-electron chi connectivity index (χ2n) is 17.1. The number of aromatic nitrogens is 1. The predicted molar refractivity (Wildman–Crippen MR) is 262 cm³/mol. The first-order valence-electron chi connectivity index (χ1n) is 22.2. The summed E-state index contributed by atoms with van der Waals surface area (Å²) in [5, 5.41) is 1.34. The fourth-order valence-electron chi connectivity index (χ4n) is 11.2. The largest absolute Gasteiger partial charge is 0.310 e. The quantitative estimate of drug-likeness (QED) is 0.163. The molecule has 13 rings (SSSR count). The first kappa shape index (κ1) is 35.8. The first-order chi connectivity index (χ1) is 31.3. The molecule has 1 heterocycles. The summed E-state index contributed by atoms with van der Waals surface area (Å²) in [7, 11) is 0. The number of aryl methyl sites for hydroxylation is 1. The van der Waals surface area contributed by atoms with Gasteiger partial charge in [0.1, 0.15) is 0 Å². The number of fused-ring (bicyclic) bond motifs is 13. The van der Waals surface area contributed by atoms with Crippen molar-refractivity contribution in [2.24, 2.45) is 0 Å². The van der Waals surface area contributed by atoms with Crippen molar-refractivity contribution in [2.45, 2.75) is 18.3 Å². The third-order valence-electron chi connectivity index (χ3n) is 13.9. The molecule has 0 bridgehead atoms. The Labute approximate surface area is 368 Å². The van der Waals surface area contributed by atoms with Gasteiger partial charge in [0.05, 0.1) is 16.6 Å². The molecule has 0 amide bonds. The lowest BCUT2D eigenvalue weighted by atomic mass is 9.70. The van der Waals surface area contributed by atoms with Crippen LogP contribution in [0.5, 0.6) is 0 Å². The van der Waals surface area contributed by atoms with Crippen molar-refractivity contribution >= 4 is 34.0 Å². The molecule has 2 nitrogen and oxygen atoms in total. The Balaban J connectivity index is 0.984. The molecule has 1 spiro atoms. The number of rotatable bonds is 6. The maximum absolute atomic E-state index is 2.48. The van der Waals surface area contributed by atoms with Gasteiger partial charge in [-0.1, -0.05) is 170 Å². The van der Waals surface area contributed by atoms with Gasteiger partial charge in [0.2, 0.25) is 0 Å². The minimum atomic E-state index is -0.422. The lowest BCUT2D eigenvalue weighted by molar-refractivity contribution is 0.794. The van der Waals surface area contributed by atoms with Gasteiger partial charge in [-0.15, -0.1) is 0 Å². The van der Waals surface area contributed by atoms with Gasteiger partial charge >= 0.3 is 0 Å². The van der Waals surface area contributed by atoms with Gasteiger partial charge in [0.15, 0.2) is 0 Å². The molecule has 9 aromatic carbocycles. The van der Waals surface area contributed by atoms with Crippen LogP contribution in [0.4, 0.5) is 17.1 Å². The van der Waals surface area contributed by atoms with Gasteiger partial charge in [-0.2, -0.15) is 0 Å². The van der Waals surface area contributed by atoms with E-state index in [1.807, 2.05) is 0 Å². The molecule has 296 valence electrons. The van der Waals surface area contributed by atoms with Gasteiger partial charge in [0.25, 0.3) is 0 Å². The normalized spacial score (nSPS) is 13.7. The molecule has 0 saturated heterocycles. The summed E-state index contributed by atoms with van der Waals surface area (Å²) in [5.74, 6) is 0. The Hall–Kier alpha value is -7.94. The molecule has 0 aliphatic heterocycles. The molecule has 0 atom stereocenters. The summed E-state index contributed by atoms with van der Waals surface area (Å²) in [5.41, 5.74) is 23.6. The second-order valence-corrected chi connectivity index (χ2v) is 17.1. The average Bonchev–Trinajstić information content (AvgIpc) is 3.97. The van der Waals surface area contributed by atoms with E-state index in [1.54, 1.807) is 0 Å². The third kappa shape index (κ3) is 5.25. The van der Waals surface area contributed by atoms with Crippen LogP contribution in [0.2, 0.25) is 0 Å². The number of benzene rings is 9. The van der Waals surface area contributed by atoms with Gasteiger partial charge in [0, 0.05) is 33.7 Å². The fourth-order valence-corrected chi connectivity index (χ4v) is 11.2. The van der Waals surface area contributed by atoms with E-state index < -0.39 is 5.41 Å². The highest BCUT2D eigenvalue weighted by molar-refractivity contribution is 6.01. The minimum Gasteiger partial charge on any atom is -0.310 e. The van der Waals surface area contributed by atoms with Crippen molar-refractivity contribution in [1.29, 1.82) is 0 Å². The lowest BCUT2D eigenvalue weighted by Gasteiger charge is -2.32. The Bertz CT molecular complexity index is 3380. The Morgan fingerprint density at radius 1 is 0.429 bits per heavy atom. The van der Waals surface area contributed by atoms with Crippen LogP contribution in [0, 0.1) is 0 Å². The highest BCUT2D eigenvalue weighted by atomic mass is 15.1. The summed E-state index contributed by atoms with van der Waals surface area (Å²) in [6.07, 6.45) is 6.74. The molecule has 0 saturated carbocycles. The highest BCUT2D eigenvalue weighted by Gasteiger charge is 2.52. The second kappa shape index (κ2) is 14.1. The van der Waals surface area contributed by atoms with E-state index in [0.717, 1.165) is 24.2 Å². The molecule has 3 aliphatic carbocycles. The monoisotopic (exact) mass is 802 g/mol. The number of para-hydroxylation sites is 1. The molecule has 0 radical (unpaired) electrons. The van der Waals surface area contributed by atoms with Gasteiger partial charge in [-0.05, 0) is 140 Å². The van der Waals surface area contributed by atoms with E-state index in [1.165, 1.54) is 100 Å². The number of hydrogen-bond donors (Lipinski definition) is 0. The third-order valence-corrected chi connectivity index (χ3v) is 13.9. The molecule has 2 heteroatoms. The number of anilines is 3. The zero-order valence-electron chi connectivity index (χ0n) is 34.7. The smallest absolute Gasteiger partial charge is 0.0726 e. The predicted octanol–water partition coefficient (Wildman–Crippen LogP) is 15.7. The van der Waals surface area contributed by atoms with E-state index in [9.17, 15) is 0 Å².